The monoisotopic (exact) mass is 574 g/mol. The van der Waals surface area contributed by atoms with Gasteiger partial charge in [-0.3, -0.25) is 0 Å². The van der Waals surface area contributed by atoms with E-state index in [-0.39, 0.29) is 0 Å². The number of alkyl halides is 3. The summed E-state index contributed by atoms with van der Waals surface area (Å²) >= 11 is 12.6. The Hall–Kier alpha value is -2.47. The molecule has 0 nitrogen and oxygen atoms in total. The van der Waals surface area contributed by atoms with Gasteiger partial charge in [0.1, 0.15) is 0 Å². The van der Waals surface area contributed by atoms with E-state index >= 15 is 0 Å². The molecule has 0 aliphatic rings. The predicted octanol–water partition coefficient (Wildman–Crippen LogP) is 7.65. The first kappa shape index (κ1) is 24.2. The van der Waals surface area contributed by atoms with Crippen molar-refractivity contribution < 1.29 is 0 Å². The fourth-order valence-electron chi connectivity index (χ4n) is 4.60. The van der Waals surface area contributed by atoms with Crippen molar-refractivity contribution in [2.75, 3.05) is 0 Å². The first-order valence-corrected chi connectivity index (χ1v) is 15.4. The second-order valence-electron chi connectivity index (χ2n) is 8.08. The van der Waals surface area contributed by atoms with Crippen molar-refractivity contribution in [3.8, 4) is 0 Å². The van der Waals surface area contributed by atoms with Gasteiger partial charge in [0.2, 0.25) is 0 Å². The summed E-state index contributed by atoms with van der Waals surface area (Å²) in [7, 11) is 0. The van der Waals surface area contributed by atoms with Gasteiger partial charge in [-0.05, 0) is 0 Å². The molecule has 35 heavy (non-hydrogen) atoms. The number of hydrogen-bond donors (Lipinski definition) is 0. The van der Waals surface area contributed by atoms with Crippen LogP contribution in [0.25, 0.3) is 32.3 Å². The van der Waals surface area contributed by atoms with Crippen LogP contribution in [0.15, 0.2) is 127 Å². The Labute approximate surface area is 225 Å². The Kier molecular flexibility index (Phi) is 7.66. The summed E-state index contributed by atoms with van der Waals surface area (Å²) < 4.78 is 3.75. The van der Waals surface area contributed by atoms with Crippen molar-refractivity contribution >= 4 is 94.8 Å². The quantitative estimate of drug-likeness (QED) is 0.150. The van der Waals surface area contributed by atoms with E-state index in [1.54, 1.807) is 0 Å². The SMILES string of the molecule is ClC(Cl)Cl.c1ccc2c([As](c3cccc4ccccc34)c3cccc4ccccc34)cccc2c1. The van der Waals surface area contributed by atoms with Gasteiger partial charge in [0.25, 0.3) is 0 Å². The van der Waals surface area contributed by atoms with Gasteiger partial charge in [-0.15, -0.1) is 0 Å². The van der Waals surface area contributed by atoms with E-state index in [4.69, 9.17) is 34.8 Å². The molecule has 0 N–H and O–H groups in total. The third kappa shape index (κ3) is 5.23. The van der Waals surface area contributed by atoms with Crippen molar-refractivity contribution in [2.24, 2.45) is 0 Å². The molecule has 6 rings (SSSR count). The molecule has 0 fully saturated rings. The Morgan fingerprint density at radius 2 is 0.629 bits per heavy atom. The molecule has 0 aliphatic carbocycles. The normalized spacial score (nSPS) is 11.2. The van der Waals surface area contributed by atoms with E-state index in [0.717, 1.165) is 0 Å². The fourth-order valence-corrected chi connectivity index (χ4v) is 10.5. The summed E-state index contributed by atoms with van der Waals surface area (Å²) in [5, 5.41) is 8.10. The second-order valence-corrected chi connectivity index (χ2v) is 14.5. The Morgan fingerprint density at radius 3 is 0.943 bits per heavy atom. The van der Waals surface area contributed by atoms with E-state index in [1.807, 2.05) is 0 Å². The van der Waals surface area contributed by atoms with E-state index in [9.17, 15) is 0 Å². The summed E-state index contributed by atoms with van der Waals surface area (Å²) in [5.74, 6) is 0. The molecule has 0 radical (unpaired) electrons. The third-order valence-electron chi connectivity index (χ3n) is 6.02. The van der Waals surface area contributed by atoms with Crippen LogP contribution >= 0.6 is 34.8 Å². The van der Waals surface area contributed by atoms with Crippen LogP contribution < -0.4 is 13.1 Å². The summed E-state index contributed by atoms with van der Waals surface area (Å²) in [6.45, 7) is 0. The van der Waals surface area contributed by atoms with Crippen molar-refractivity contribution in [1.29, 1.82) is 0 Å². The molecule has 0 aliphatic heterocycles. The minimum absolute atomic E-state index is 0.750. The summed E-state index contributed by atoms with van der Waals surface area (Å²) in [6.07, 6.45) is 0. The number of rotatable bonds is 3. The van der Waals surface area contributed by atoms with Gasteiger partial charge in [-0.1, -0.05) is 34.8 Å². The number of halogens is 3. The molecule has 0 spiro atoms. The van der Waals surface area contributed by atoms with Crippen LogP contribution in [0.5, 0.6) is 0 Å². The van der Waals surface area contributed by atoms with Crippen molar-refractivity contribution in [3.05, 3.63) is 127 Å². The molecule has 0 unspecified atom stereocenters. The molecule has 0 saturated carbocycles. The molecule has 0 bridgehead atoms. The van der Waals surface area contributed by atoms with E-state index < -0.39 is 18.9 Å². The molecular weight excluding hydrogens is 554 g/mol. The van der Waals surface area contributed by atoms with Crippen molar-refractivity contribution in [2.45, 2.75) is 4.30 Å². The molecule has 0 heterocycles. The standard InChI is InChI=1S/C30H21As.CHCl3/c1-4-16-25-22(10-1)13-7-19-28(25)31(29-20-8-14-23-11-2-5-17-26(23)29)30-21-9-15-24-12-3-6-18-27(24)30;2-1(3)4/h1-21H;1H. The molecule has 6 aromatic carbocycles. The van der Waals surface area contributed by atoms with E-state index in [0.29, 0.717) is 0 Å². The molecule has 0 atom stereocenters. The molecular formula is C31H22AsCl3. The van der Waals surface area contributed by atoms with Gasteiger partial charge >= 0.3 is 187 Å². The first-order chi connectivity index (χ1) is 17.1. The maximum atomic E-state index is 4.81. The van der Waals surface area contributed by atoms with Gasteiger partial charge in [0, 0.05) is 0 Å². The zero-order valence-corrected chi connectivity index (χ0v) is 22.9. The summed E-state index contributed by atoms with van der Waals surface area (Å²) in [4.78, 5) is 0. The van der Waals surface area contributed by atoms with Crippen LogP contribution in [0.1, 0.15) is 0 Å². The number of benzene rings is 6. The predicted molar refractivity (Wildman–Crippen MR) is 158 cm³/mol. The van der Waals surface area contributed by atoms with Crippen molar-refractivity contribution in [3.63, 3.8) is 0 Å². The second kappa shape index (κ2) is 11.1. The zero-order chi connectivity index (χ0) is 24.2. The van der Waals surface area contributed by atoms with E-state index in [1.165, 1.54) is 45.4 Å². The molecule has 6 aromatic rings. The van der Waals surface area contributed by atoms with Crippen molar-refractivity contribution in [1.82, 2.24) is 0 Å². The average Bonchev–Trinajstić information content (AvgIpc) is 2.89. The van der Waals surface area contributed by atoms with Gasteiger partial charge in [-0.2, -0.15) is 0 Å². The van der Waals surface area contributed by atoms with Gasteiger partial charge in [0.15, 0.2) is 4.30 Å². The molecule has 0 aromatic heterocycles. The van der Waals surface area contributed by atoms with E-state index in [2.05, 4.69) is 127 Å². The molecule has 0 saturated heterocycles. The molecule has 0 amide bonds. The summed E-state index contributed by atoms with van der Waals surface area (Å²) in [6, 6.07) is 47.0. The Morgan fingerprint density at radius 1 is 0.371 bits per heavy atom. The van der Waals surface area contributed by atoms with Gasteiger partial charge in [-0.25, -0.2) is 0 Å². The fraction of sp³-hybridized carbons (Fsp3) is 0.0323. The van der Waals surface area contributed by atoms with Crippen LogP contribution in [0.4, 0.5) is 0 Å². The van der Waals surface area contributed by atoms with Gasteiger partial charge in [0.05, 0.1) is 0 Å². The van der Waals surface area contributed by atoms with Gasteiger partial charge < -0.3 is 0 Å². The molecule has 4 heteroatoms. The van der Waals surface area contributed by atoms with Crippen LogP contribution in [0, 0.1) is 0 Å². The Bertz CT molecular complexity index is 1400. The maximum absolute atomic E-state index is 4.81. The number of fused-ring (bicyclic) bond motifs is 3. The Balaban J connectivity index is 0.000000591. The zero-order valence-electron chi connectivity index (χ0n) is 18.8. The van der Waals surface area contributed by atoms with Crippen LogP contribution in [-0.4, -0.2) is 18.9 Å². The minimum atomic E-state index is -1.85. The first-order valence-electron chi connectivity index (χ1n) is 11.3. The topological polar surface area (TPSA) is 0 Å². The molecule has 172 valence electrons. The summed E-state index contributed by atoms with van der Waals surface area (Å²) in [5.41, 5.74) is 0. The third-order valence-corrected chi connectivity index (χ3v) is 11.5. The van der Waals surface area contributed by atoms with Crippen LogP contribution in [-0.2, 0) is 0 Å². The number of hydrogen-bond acceptors (Lipinski definition) is 0. The van der Waals surface area contributed by atoms with Crippen LogP contribution in [0.2, 0.25) is 0 Å². The van der Waals surface area contributed by atoms with Crippen LogP contribution in [0.3, 0.4) is 0 Å². The average molecular weight is 576 g/mol.